The van der Waals surface area contributed by atoms with Crippen LogP contribution in [0.1, 0.15) is 80.1 Å². The largest absolute Gasteiger partial charge is 0.424 e. The summed E-state index contributed by atoms with van der Waals surface area (Å²) in [5, 5.41) is 0. The summed E-state index contributed by atoms with van der Waals surface area (Å²) in [4.78, 5) is 0. The summed E-state index contributed by atoms with van der Waals surface area (Å²) in [6, 6.07) is 0. The molecule has 0 bridgehead atoms. The standard InChI is InChI=1S/C20H46O2S4Si2/c1-7-21-27-19(11-9-17(3)4)13-15-23-25-26-24-16-14-20(28-22-8-2)12-10-18(5)6/h17-20H,7-16,27-28H2,1-6H3. The maximum absolute atomic E-state index is 5.83. The Hall–Kier alpha value is 1.75. The fourth-order valence-electron chi connectivity index (χ4n) is 2.87. The third-order valence-electron chi connectivity index (χ3n) is 4.76. The highest BCUT2D eigenvalue weighted by molar-refractivity contribution is 9.26. The lowest BCUT2D eigenvalue weighted by Crippen LogP contribution is -2.10. The lowest BCUT2D eigenvalue weighted by atomic mass is 10.1. The molecule has 8 heteroatoms. The molecular weight excluding hydrogens is 457 g/mol. The average Bonchev–Trinajstić information content (AvgIpc) is 2.66. The van der Waals surface area contributed by atoms with E-state index in [9.17, 15) is 0 Å². The monoisotopic (exact) mass is 502 g/mol. The molecule has 0 saturated carbocycles. The molecule has 0 spiro atoms. The van der Waals surface area contributed by atoms with E-state index in [4.69, 9.17) is 8.85 Å². The molecule has 0 N–H and O–H groups in total. The van der Waals surface area contributed by atoms with E-state index in [2.05, 4.69) is 41.5 Å². The van der Waals surface area contributed by atoms with Crippen LogP contribution >= 0.6 is 41.2 Å². The van der Waals surface area contributed by atoms with Gasteiger partial charge in [-0.2, -0.15) is 0 Å². The van der Waals surface area contributed by atoms with Gasteiger partial charge in [-0.1, -0.05) is 75.0 Å². The molecule has 0 aliphatic rings. The molecule has 0 radical (unpaired) electrons. The van der Waals surface area contributed by atoms with E-state index < -0.39 is 0 Å². The van der Waals surface area contributed by atoms with Crippen molar-refractivity contribution in [1.82, 2.24) is 0 Å². The van der Waals surface area contributed by atoms with Gasteiger partial charge >= 0.3 is 0 Å². The molecule has 170 valence electrons. The second-order valence-electron chi connectivity index (χ2n) is 8.35. The van der Waals surface area contributed by atoms with Crippen molar-refractivity contribution in [3.63, 3.8) is 0 Å². The Labute approximate surface area is 196 Å². The van der Waals surface area contributed by atoms with Crippen molar-refractivity contribution in [2.24, 2.45) is 11.8 Å². The Kier molecular flexibility index (Phi) is 23.3. The van der Waals surface area contributed by atoms with Crippen LogP contribution < -0.4 is 0 Å². The molecule has 0 aliphatic heterocycles. The summed E-state index contributed by atoms with van der Waals surface area (Å²) in [5.74, 6) is 4.19. The molecule has 0 heterocycles. The zero-order valence-corrected chi connectivity index (χ0v) is 25.3. The fraction of sp³-hybridized carbons (Fsp3) is 1.00. The molecule has 28 heavy (non-hydrogen) atoms. The molecule has 2 nitrogen and oxygen atoms in total. The molecule has 0 amide bonds. The second-order valence-corrected chi connectivity index (χ2v) is 18.4. The topological polar surface area (TPSA) is 18.5 Å². The van der Waals surface area contributed by atoms with E-state index in [0.717, 1.165) is 36.1 Å². The Morgan fingerprint density at radius 2 is 1.00 bits per heavy atom. The van der Waals surface area contributed by atoms with E-state index in [0.29, 0.717) is 0 Å². The summed E-state index contributed by atoms with van der Waals surface area (Å²) in [6.07, 6.45) is 8.15. The lowest BCUT2D eigenvalue weighted by Gasteiger charge is -2.17. The number of hydrogen-bond donors (Lipinski definition) is 0. The van der Waals surface area contributed by atoms with Crippen LogP contribution in [0.25, 0.3) is 0 Å². The van der Waals surface area contributed by atoms with E-state index in [-0.39, 0.29) is 19.5 Å². The normalized spacial score (nSPS) is 15.0. The van der Waals surface area contributed by atoms with Crippen molar-refractivity contribution in [2.75, 3.05) is 24.7 Å². The van der Waals surface area contributed by atoms with Crippen LogP contribution in [0.5, 0.6) is 0 Å². The van der Waals surface area contributed by atoms with Gasteiger partial charge in [-0.05, 0) is 69.3 Å². The maximum atomic E-state index is 5.83. The average molecular weight is 503 g/mol. The zero-order valence-electron chi connectivity index (χ0n) is 19.2. The lowest BCUT2D eigenvalue weighted by molar-refractivity contribution is 0.346. The van der Waals surface area contributed by atoms with Crippen LogP contribution in [0.4, 0.5) is 0 Å². The van der Waals surface area contributed by atoms with Crippen molar-refractivity contribution in [3.05, 3.63) is 0 Å². The van der Waals surface area contributed by atoms with Crippen molar-refractivity contribution in [2.45, 2.75) is 91.1 Å². The zero-order chi connectivity index (χ0) is 21.0. The molecule has 0 aromatic carbocycles. The van der Waals surface area contributed by atoms with Gasteiger partial charge in [0.2, 0.25) is 0 Å². The quantitative estimate of drug-likeness (QED) is 0.0936. The van der Waals surface area contributed by atoms with E-state index in [1.807, 2.05) is 41.2 Å². The van der Waals surface area contributed by atoms with Gasteiger partial charge in [0.25, 0.3) is 0 Å². The second kappa shape index (κ2) is 22.0. The first-order chi connectivity index (χ1) is 13.5. The van der Waals surface area contributed by atoms with E-state index in [1.54, 1.807) is 0 Å². The highest BCUT2D eigenvalue weighted by Crippen LogP contribution is 2.44. The highest BCUT2D eigenvalue weighted by atomic mass is 33.7. The Balaban J connectivity index is 3.77. The van der Waals surface area contributed by atoms with Crippen LogP contribution in [-0.4, -0.2) is 44.2 Å². The molecule has 0 aliphatic carbocycles. The van der Waals surface area contributed by atoms with Gasteiger partial charge in [0, 0.05) is 24.7 Å². The summed E-state index contributed by atoms with van der Waals surface area (Å²) >= 11 is 0. The minimum atomic E-state index is -0.336. The van der Waals surface area contributed by atoms with Crippen LogP contribution in [0.2, 0.25) is 11.1 Å². The van der Waals surface area contributed by atoms with Crippen LogP contribution in [0, 0.1) is 11.8 Å². The third kappa shape index (κ3) is 21.0. The van der Waals surface area contributed by atoms with Gasteiger partial charge in [-0.25, -0.2) is 0 Å². The SMILES string of the molecule is CCO[SiH2]C(CCSSSSCCC(CCC(C)C)[SiH2]OCC)CCC(C)C. The predicted octanol–water partition coefficient (Wildman–Crippen LogP) is 7.13. The van der Waals surface area contributed by atoms with Gasteiger partial charge in [0.05, 0.1) is 0 Å². The van der Waals surface area contributed by atoms with Crippen molar-refractivity contribution < 1.29 is 8.85 Å². The summed E-state index contributed by atoms with van der Waals surface area (Å²) in [7, 11) is 7.38. The van der Waals surface area contributed by atoms with E-state index in [1.165, 1.54) is 50.0 Å². The first-order valence-electron chi connectivity index (χ1n) is 11.2. The van der Waals surface area contributed by atoms with Crippen molar-refractivity contribution in [1.29, 1.82) is 0 Å². The first-order valence-corrected chi connectivity index (χ1v) is 19.2. The summed E-state index contributed by atoms with van der Waals surface area (Å²) < 4.78 is 11.7. The molecule has 2 unspecified atom stereocenters. The Bertz CT molecular complexity index is 297. The molecule has 0 aromatic rings. The third-order valence-corrected chi connectivity index (χ3v) is 15.2. The minimum Gasteiger partial charge on any atom is -0.424 e. The van der Waals surface area contributed by atoms with Crippen LogP contribution in [-0.2, 0) is 8.85 Å². The van der Waals surface area contributed by atoms with E-state index >= 15 is 0 Å². The van der Waals surface area contributed by atoms with Gasteiger partial charge < -0.3 is 8.85 Å². The molecule has 2 atom stereocenters. The molecule has 0 aromatic heterocycles. The first kappa shape index (κ1) is 29.8. The van der Waals surface area contributed by atoms with Crippen molar-refractivity contribution in [3.8, 4) is 0 Å². The van der Waals surface area contributed by atoms with Gasteiger partial charge in [0.1, 0.15) is 0 Å². The molecular formula is C20H46O2S4Si2. The Morgan fingerprint density at radius 1 is 0.607 bits per heavy atom. The highest BCUT2D eigenvalue weighted by Gasteiger charge is 2.12. The summed E-state index contributed by atoms with van der Waals surface area (Å²) in [6.45, 7) is 15.4. The molecule has 0 fully saturated rings. The fourth-order valence-corrected chi connectivity index (χ4v) is 12.5. The molecule has 0 rings (SSSR count). The number of rotatable bonds is 21. The maximum Gasteiger partial charge on any atom is 0.164 e. The van der Waals surface area contributed by atoms with Gasteiger partial charge in [-0.15, -0.1) is 0 Å². The molecule has 0 saturated heterocycles. The number of hydrogen-bond acceptors (Lipinski definition) is 6. The predicted molar refractivity (Wildman–Crippen MR) is 145 cm³/mol. The van der Waals surface area contributed by atoms with Gasteiger partial charge in [0.15, 0.2) is 19.5 Å². The van der Waals surface area contributed by atoms with Crippen molar-refractivity contribution >= 4 is 60.8 Å². The summed E-state index contributed by atoms with van der Waals surface area (Å²) in [5.41, 5.74) is 1.75. The minimum absolute atomic E-state index is 0.336. The Morgan fingerprint density at radius 3 is 1.32 bits per heavy atom. The van der Waals surface area contributed by atoms with Crippen LogP contribution in [0.3, 0.4) is 0 Å². The van der Waals surface area contributed by atoms with Gasteiger partial charge in [-0.3, -0.25) is 0 Å². The van der Waals surface area contributed by atoms with Crippen LogP contribution in [0.15, 0.2) is 0 Å². The smallest absolute Gasteiger partial charge is 0.164 e.